The molecule has 0 radical (unpaired) electrons. The van der Waals surface area contributed by atoms with Crippen molar-refractivity contribution in [3.63, 3.8) is 0 Å². The normalized spacial score (nSPS) is 23.6. The maximum atomic E-state index is 5.97. The van der Waals surface area contributed by atoms with Crippen molar-refractivity contribution in [1.82, 2.24) is 4.57 Å². The predicted molar refractivity (Wildman–Crippen MR) is 106 cm³/mol. The van der Waals surface area contributed by atoms with E-state index in [1.807, 2.05) is 0 Å². The standard InChI is InChI=1S/C18H39NO2SSi/c1-3-4-5-6-7-13-20-17-21-18-10-8-15-23(16-9-14-22)19(2)12-11-18/h18,22-23H,3-17H2,1-2H3. The minimum Gasteiger partial charge on any atom is -0.355 e. The van der Waals surface area contributed by atoms with E-state index in [4.69, 9.17) is 9.47 Å². The molecule has 23 heavy (non-hydrogen) atoms. The van der Waals surface area contributed by atoms with Gasteiger partial charge in [0.2, 0.25) is 0 Å². The Morgan fingerprint density at radius 3 is 2.74 bits per heavy atom. The number of hydrogen-bond acceptors (Lipinski definition) is 4. The van der Waals surface area contributed by atoms with Crippen molar-refractivity contribution in [1.29, 1.82) is 0 Å². The molecule has 0 aromatic carbocycles. The van der Waals surface area contributed by atoms with Crippen LogP contribution in [0.1, 0.15) is 64.7 Å². The van der Waals surface area contributed by atoms with E-state index in [1.54, 1.807) is 0 Å². The van der Waals surface area contributed by atoms with Gasteiger partial charge >= 0.3 is 0 Å². The number of nitrogens with zero attached hydrogens (tertiary/aromatic N) is 1. The molecule has 0 aliphatic carbocycles. The van der Waals surface area contributed by atoms with Gasteiger partial charge in [0.1, 0.15) is 15.8 Å². The molecule has 0 spiro atoms. The molecule has 1 aliphatic rings. The minimum atomic E-state index is -0.694. The highest BCUT2D eigenvalue weighted by atomic mass is 32.1. The van der Waals surface area contributed by atoms with E-state index in [1.165, 1.54) is 76.4 Å². The largest absolute Gasteiger partial charge is 0.355 e. The highest BCUT2D eigenvalue weighted by Crippen LogP contribution is 2.20. The summed E-state index contributed by atoms with van der Waals surface area (Å²) in [6, 6.07) is 2.86. The highest BCUT2D eigenvalue weighted by Gasteiger charge is 2.21. The van der Waals surface area contributed by atoms with Gasteiger partial charge in [-0.25, -0.2) is 0 Å². The maximum absolute atomic E-state index is 5.97. The molecular weight excluding hydrogens is 322 g/mol. The van der Waals surface area contributed by atoms with Crippen LogP contribution in [-0.4, -0.2) is 52.4 Å². The van der Waals surface area contributed by atoms with Crippen LogP contribution < -0.4 is 0 Å². The molecule has 138 valence electrons. The van der Waals surface area contributed by atoms with Crippen molar-refractivity contribution >= 4 is 21.6 Å². The van der Waals surface area contributed by atoms with Gasteiger partial charge in [-0.2, -0.15) is 12.6 Å². The van der Waals surface area contributed by atoms with Crippen molar-refractivity contribution in [3.8, 4) is 0 Å². The first-order valence-electron chi connectivity index (χ1n) is 9.78. The van der Waals surface area contributed by atoms with Gasteiger partial charge in [0.05, 0.1) is 6.10 Å². The van der Waals surface area contributed by atoms with Crippen LogP contribution >= 0.6 is 12.6 Å². The summed E-state index contributed by atoms with van der Waals surface area (Å²) in [5, 5.41) is 0. The van der Waals surface area contributed by atoms with Gasteiger partial charge in [-0.15, -0.1) is 0 Å². The number of unbranched alkanes of at least 4 members (excludes halogenated alkanes) is 4. The molecule has 0 bridgehead atoms. The van der Waals surface area contributed by atoms with Crippen molar-refractivity contribution in [3.05, 3.63) is 0 Å². The Bertz CT molecular complexity index is 271. The van der Waals surface area contributed by atoms with Gasteiger partial charge in [0.25, 0.3) is 0 Å². The molecule has 5 heteroatoms. The zero-order chi connectivity index (χ0) is 16.8. The summed E-state index contributed by atoms with van der Waals surface area (Å²) in [5.41, 5.74) is 0. The molecule has 1 heterocycles. The molecule has 0 saturated carbocycles. The predicted octanol–water partition coefficient (Wildman–Crippen LogP) is 4.48. The van der Waals surface area contributed by atoms with E-state index in [2.05, 4.69) is 31.2 Å². The summed E-state index contributed by atoms with van der Waals surface area (Å²) in [6.07, 6.45) is 11.9. The number of hydrogen-bond donors (Lipinski definition) is 1. The Hall–Kier alpha value is 0.447. The van der Waals surface area contributed by atoms with E-state index in [0.717, 1.165) is 12.4 Å². The first-order valence-corrected chi connectivity index (χ1v) is 12.6. The average Bonchev–Trinajstić information content (AvgIpc) is 2.55. The second-order valence-electron chi connectivity index (χ2n) is 6.95. The van der Waals surface area contributed by atoms with Gasteiger partial charge < -0.3 is 14.0 Å². The van der Waals surface area contributed by atoms with E-state index in [9.17, 15) is 0 Å². The molecule has 1 saturated heterocycles. The summed E-state index contributed by atoms with van der Waals surface area (Å²) in [6.45, 7) is 4.80. The lowest BCUT2D eigenvalue weighted by Crippen LogP contribution is -2.40. The zero-order valence-electron chi connectivity index (χ0n) is 15.5. The van der Waals surface area contributed by atoms with Crippen molar-refractivity contribution in [2.45, 2.75) is 82.9 Å². The monoisotopic (exact) mass is 361 g/mol. The number of rotatable bonds is 12. The fourth-order valence-electron chi connectivity index (χ4n) is 3.35. The number of thiol groups is 1. The molecule has 0 N–H and O–H groups in total. The van der Waals surface area contributed by atoms with E-state index >= 15 is 0 Å². The summed E-state index contributed by atoms with van der Waals surface area (Å²) in [5.74, 6) is 1.04. The Balaban J connectivity index is 2.06. The Morgan fingerprint density at radius 1 is 1.13 bits per heavy atom. The fourth-order valence-corrected chi connectivity index (χ4v) is 6.94. The van der Waals surface area contributed by atoms with Gasteiger partial charge in [0, 0.05) is 6.61 Å². The van der Waals surface area contributed by atoms with Gasteiger partial charge in [-0.3, -0.25) is 0 Å². The molecule has 0 amide bonds. The lowest BCUT2D eigenvalue weighted by molar-refractivity contribution is -0.0953. The molecule has 1 aliphatic heterocycles. The van der Waals surface area contributed by atoms with Gasteiger partial charge in [-0.05, 0) is 57.1 Å². The van der Waals surface area contributed by atoms with Crippen LogP contribution in [0.4, 0.5) is 0 Å². The molecule has 2 atom stereocenters. The molecule has 0 aromatic rings. The van der Waals surface area contributed by atoms with Crippen LogP contribution in [0.2, 0.25) is 12.1 Å². The van der Waals surface area contributed by atoms with Crippen LogP contribution in [-0.2, 0) is 9.47 Å². The van der Waals surface area contributed by atoms with Crippen LogP contribution in [0.15, 0.2) is 0 Å². The van der Waals surface area contributed by atoms with Crippen molar-refractivity contribution in [2.75, 3.05) is 32.7 Å². The second-order valence-corrected chi connectivity index (χ2v) is 10.7. The zero-order valence-corrected chi connectivity index (χ0v) is 17.5. The molecule has 3 nitrogen and oxygen atoms in total. The number of ether oxygens (including phenoxy) is 2. The third kappa shape index (κ3) is 10.8. The molecule has 1 rings (SSSR count). The summed E-state index contributed by atoms with van der Waals surface area (Å²) >= 11 is 4.36. The summed E-state index contributed by atoms with van der Waals surface area (Å²) < 4.78 is 14.3. The smallest absolute Gasteiger partial charge is 0.147 e. The van der Waals surface area contributed by atoms with Crippen LogP contribution in [0.5, 0.6) is 0 Å². The Labute approximate surface area is 151 Å². The lowest BCUT2D eigenvalue weighted by atomic mass is 10.1. The van der Waals surface area contributed by atoms with E-state index in [-0.39, 0.29) is 0 Å². The summed E-state index contributed by atoms with van der Waals surface area (Å²) in [4.78, 5) is 0. The topological polar surface area (TPSA) is 21.7 Å². The molecule has 2 unspecified atom stereocenters. The van der Waals surface area contributed by atoms with Crippen LogP contribution in [0.3, 0.4) is 0 Å². The minimum absolute atomic E-state index is 0.400. The van der Waals surface area contributed by atoms with E-state index < -0.39 is 8.96 Å². The average molecular weight is 362 g/mol. The molecular formula is C18H39NO2SSi. The van der Waals surface area contributed by atoms with Gasteiger partial charge in [0.15, 0.2) is 0 Å². The maximum Gasteiger partial charge on any atom is 0.147 e. The second kappa shape index (κ2) is 14.8. The van der Waals surface area contributed by atoms with Crippen molar-refractivity contribution < 1.29 is 9.47 Å². The van der Waals surface area contributed by atoms with Crippen LogP contribution in [0, 0.1) is 0 Å². The third-order valence-electron chi connectivity index (χ3n) is 4.97. The first-order chi connectivity index (χ1) is 11.3. The quantitative estimate of drug-likeness (QED) is 0.240. The summed E-state index contributed by atoms with van der Waals surface area (Å²) in [7, 11) is 1.63. The Morgan fingerprint density at radius 2 is 1.96 bits per heavy atom. The van der Waals surface area contributed by atoms with E-state index in [0.29, 0.717) is 12.9 Å². The lowest BCUT2D eigenvalue weighted by Gasteiger charge is -2.31. The Kier molecular flexibility index (Phi) is 13.8. The third-order valence-corrected chi connectivity index (χ3v) is 8.94. The fraction of sp³-hybridized carbons (Fsp3) is 1.00. The first kappa shape index (κ1) is 21.5. The van der Waals surface area contributed by atoms with Crippen LogP contribution in [0.25, 0.3) is 0 Å². The molecule has 0 aromatic heterocycles. The van der Waals surface area contributed by atoms with Gasteiger partial charge in [-0.1, -0.05) is 39.0 Å². The van der Waals surface area contributed by atoms with Crippen molar-refractivity contribution in [2.24, 2.45) is 0 Å². The SMILES string of the molecule is CCCCCCCOCOC1CCC[SiH](CCCS)N(C)CC1. The molecule has 1 fully saturated rings. The highest BCUT2D eigenvalue weighted by molar-refractivity contribution is 7.80.